The fraction of sp³-hybridized carbons (Fsp3) is 0.638. The van der Waals surface area contributed by atoms with Crippen molar-refractivity contribution in [2.24, 2.45) is 5.92 Å². The lowest BCUT2D eigenvalue weighted by atomic mass is 10.0. The minimum atomic E-state index is -3.61. The van der Waals surface area contributed by atoms with Gasteiger partial charge in [-0.25, -0.2) is 56.5 Å². The number of nitrogens with one attached hydrogen (secondary N) is 5. The molecule has 0 aromatic carbocycles. The standard InChI is InChI=1S/C20H30N5O6PS.C18H29N6O6PS.C16H27N4O6PS2.C15H25N4O6PS2/c1-6-17-22-19-18(20(28)23-17)21-11-25(19)15-9-16(27)14(12(15)2)10-31-32(29,24(4)5)30-7-8-33-13(3)26;1-12(25)32-9-8-28-31(26,23(4)5)29-11-15-27-10-14(30-15)24-7-6-13-16(19-2)21-18(20-3)22-17(13)24;1-11-8-20(16(22)18-15(11)17-3)13-10-29-14(26-13)9-25-27(23,19(4)5)24-6-7-28-12(2)21;1-11(20)27-8-7-23-26(22,18(3)4)24-9-14-25-13(10-28-14)19-6-5-12(16-2)17-15(19)21/h11,14-16,27H,2,6-10H2,1,3-5H3,(H,22,23,28);6-7,14-15H,8-11H2,1-5H3,(H2,19,20,21,22);8,13-14H,6-7,9-10H2,1-5H3,(H,17,18,22);5-6,13-14H,7-10H2,1-4H3,(H,16,17,21)/t14-,15-,16-,32?;14-,15-,31?;13-,14+,27?;13-,14+,26?/m0100/s1. The van der Waals surface area contributed by atoms with E-state index in [4.69, 9.17) is 55.1 Å². The van der Waals surface area contributed by atoms with E-state index in [0.717, 1.165) is 58.0 Å². The lowest BCUT2D eigenvalue weighted by Crippen LogP contribution is -2.29. The number of carbonyl (C=O) groups excluding carboxylic acids is 4. The highest BCUT2D eigenvalue weighted by Gasteiger charge is 2.43. The van der Waals surface area contributed by atoms with Gasteiger partial charge in [-0.1, -0.05) is 60.6 Å². The second-order valence-corrected chi connectivity index (χ2v) is 43.7. The molecule has 0 amide bonds. The number of ether oxygens (including phenoxy) is 4. The number of thioether (sulfide) groups is 6. The van der Waals surface area contributed by atoms with Gasteiger partial charge in [0.25, 0.3) is 5.56 Å². The van der Waals surface area contributed by atoms with Gasteiger partial charge >= 0.3 is 42.4 Å². The lowest BCUT2D eigenvalue weighted by molar-refractivity contribution is -0.109. The molecule has 9 heterocycles. The van der Waals surface area contributed by atoms with E-state index in [2.05, 4.69) is 62.7 Å². The number of carbonyl (C=O) groups is 4. The van der Waals surface area contributed by atoms with E-state index < -0.39 is 90.2 Å². The molecule has 6 aromatic heterocycles. The van der Waals surface area contributed by atoms with E-state index in [1.54, 1.807) is 108 Å². The molecular formula is C69H111N19O24P4S6. The number of anilines is 4. The van der Waals surface area contributed by atoms with E-state index in [-0.39, 0.29) is 97.0 Å². The summed E-state index contributed by atoms with van der Waals surface area (Å²) in [6.45, 7) is 14.4. The maximum Gasteiger partial charge on any atom is 0.407 e. The van der Waals surface area contributed by atoms with E-state index in [1.807, 2.05) is 30.7 Å². The van der Waals surface area contributed by atoms with Crippen molar-refractivity contribution in [3.63, 3.8) is 0 Å². The van der Waals surface area contributed by atoms with Crippen LogP contribution in [0.3, 0.4) is 0 Å². The molecule has 43 nitrogen and oxygen atoms in total. The summed E-state index contributed by atoms with van der Waals surface area (Å²) in [6, 6.07) is 3.25. The van der Waals surface area contributed by atoms with Crippen LogP contribution < -0.4 is 38.2 Å². The Hall–Kier alpha value is -5.31. The third-order valence-corrected chi connectivity index (χ3v) is 30.8. The van der Waals surface area contributed by atoms with Crippen LogP contribution in [-0.4, -0.2) is 299 Å². The summed E-state index contributed by atoms with van der Waals surface area (Å²) in [7, 11) is 5.54. The molecule has 4 aliphatic rings. The van der Waals surface area contributed by atoms with E-state index in [9.17, 15) is 56.9 Å². The van der Waals surface area contributed by atoms with E-state index >= 15 is 0 Å². The van der Waals surface area contributed by atoms with Crippen LogP contribution in [0.1, 0.15) is 77.2 Å². The Kier molecular flexibility index (Phi) is 41.9. The number of aryl methyl sites for hydroxylation is 2. The first-order chi connectivity index (χ1) is 57.7. The zero-order valence-corrected chi connectivity index (χ0v) is 79.7. The molecule has 0 radical (unpaired) electrons. The predicted molar refractivity (Wildman–Crippen MR) is 475 cm³/mol. The maximum atomic E-state index is 13.1. The molecule has 6 aromatic rings. The van der Waals surface area contributed by atoms with E-state index in [1.165, 1.54) is 85.4 Å². The Bertz CT molecular complexity index is 4900. The van der Waals surface area contributed by atoms with Crippen molar-refractivity contribution in [1.29, 1.82) is 0 Å². The number of imidazole rings is 1. The zero-order chi connectivity index (χ0) is 90.0. The maximum absolute atomic E-state index is 13.1. The quantitative estimate of drug-likeness (QED) is 0.0119. The molecule has 0 bridgehead atoms. The largest absolute Gasteiger partial charge is 0.407 e. The van der Waals surface area contributed by atoms with Crippen LogP contribution in [0.4, 0.5) is 23.4 Å². The average molecular weight is 1910 g/mol. The molecule has 1 aliphatic carbocycles. The molecule has 3 saturated heterocycles. The molecule has 1 saturated carbocycles. The Morgan fingerprint density at radius 1 is 0.582 bits per heavy atom. The highest BCUT2D eigenvalue weighted by atomic mass is 32.2. The Morgan fingerprint density at radius 2 is 1.06 bits per heavy atom. The summed E-state index contributed by atoms with van der Waals surface area (Å²) in [5.41, 5.74) is 0.907. The number of fused-ring (bicyclic) bond motifs is 2. The molecule has 682 valence electrons. The summed E-state index contributed by atoms with van der Waals surface area (Å²) in [5, 5.41) is 23.1. The normalized spacial score (nSPS) is 21.6. The Morgan fingerprint density at radius 3 is 1.52 bits per heavy atom. The first-order valence-corrected chi connectivity index (χ1v) is 50.0. The van der Waals surface area contributed by atoms with Crippen molar-refractivity contribution in [3.05, 3.63) is 91.9 Å². The first kappa shape index (κ1) is 104. The molecule has 10 rings (SSSR count). The second-order valence-electron chi connectivity index (χ2n) is 27.2. The van der Waals surface area contributed by atoms with Crippen molar-refractivity contribution in [3.8, 4) is 0 Å². The van der Waals surface area contributed by atoms with Crippen molar-refractivity contribution in [1.82, 2.24) is 71.8 Å². The highest BCUT2D eigenvalue weighted by molar-refractivity contribution is 8.14. The highest BCUT2D eigenvalue weighted by Crippen LogP contribution is 2.55. The van der Waals surface area contributed by atoms with Gasteiger partial charge in [0.1, 0.15) is 58.9 Å². The zero-order valence-electron chi connectivity index (χ0n) is 71.2. The third kappa shape index (κ3) is 29.9. The minimum Gasteiger partial charge on any atom is -0.392 e. The van der Waals surface area contributed by atoms with Crippen LogP contribution in [0.2, 0.25) is 0 Å². The molecule has 4 unspecified atom stereocenters. The van der Waals surface area contributed by atoms with Gasteiger partial charge in [-0.15, -0.1) is 23.5 Å². The third-order valence-electron chi connectivity index (χ3n) is 17.7. The van der Waals surface area contributed by atoms with Gasteiger partial charge in [0.2, 0.25) is 5.95 Å². The van der Waals surface area contributed by atoms with Crippen LogP contribution >= 0.6 is 102 Å². The molecule has 0 spiro atoms. The molecule has 13 atom stereocenters. The van der Waals surface area contributed by atoms with Crippen molar-refractivity contribution in [2.45, 2.75) is 102 Å². The van der Waals surface area contributed by atoms with Gasteiger partial charge in [-0.05, 0) is 87.4 Å². The Labute approximate surface area is 732 Å². The number of aliphatic hydroxyl groups is 1. The molecular weight excluding hydrogens is 1800 g/mol. The second kappa shape index (κ2) is 49.3. The number of aliphatic hydroxyl groups excluding tert-OH is 1. The predicted octanol–water partition coefficient (Wildman–Crippen LogP) is 8.53. The number of nitrogens with zero attached hydrogens (tertiary/aromatic N) is 14. The van der Waals surface area contributed by atoms with Gasteiger partial charge < -0.3 is 59.4 Å². The van der Waals surface area contributed by atoms with Crippen LogP contribution in [-0.2, 0) is 99.0 Å². The molecule has 53 heteroatoms. The van der Waals surface area contributed by atoms with Crippen LogP contribution in [0.5, 0.6) is 0 Å². The number of aromatic amines is 1. The summed E-state index contributed by atoms with van der Waals surface area (Å²) in [4.78, 5) is 109. The van der Waals surface area contributed by atoms with Crippen LogP contribution in [0, 0.1) is 12.8 Å². The van der Waals surface area contributed by atoms with Crippen molar-refractivity contribution >= 4 is 168 Å². The fourth-order valence-corrected chi connectivity index (χ4v) is 20.6. The van der Waals surface area contributed by atoms with Crippen LogP contribution in [0.25, 0.3) is 22.2 Å². The Balaban J connectivity index is 0.000000224. The number of hydrogen-bond acceptors (Lipinski definition) is 40. The number of aromatic nitrogens is 11. The van der Waals surface area contributed by atoms with Gasteiger partial charge in [0.05, 0.1) is 76.7 Å². The van der Waals surface area contributed by atoms with Crippen molar-refractivity contribution in [2.75, 3.05) is 200 Å². The fourth-order valence-electron chi connectivity index (χ4n) is 11.4. The molecule has 6 N–H and O–H groups in total. The topological polar surface area (TPSA) is 493 Å². The molecule has 3 aliphatic heterocycles. The number of hydrogen-bond donors (Lipinski definition) is 6. The summed E-state index contributed by atoms with van der Waals surface area (Å²) in [6.07, 6.45) is 4.69. The summed E-state index contributed by atoms with van der Waals surface area (Å²) >= 11 is 7.29. The van der Waals surface area contributed by atoms with Gasteiger partial charge in [-0.2, -0.15) is 19.9 Å². The summed E-state index contributed by atoms with van der Waals surface area (Å²) < 4.78 is 131. The van der Waals surface area contributed by atoms with Crippen LogP contribution in [0.15, 0.2) is 63.6 Å². The van der Waals surface area contributed by atoms with Gasteiger partial charge in [-0.3, -0.25) is 69.3 Å². The SMILES string of the molecule is C=C1[C@H](COP(=O)(OCCSC(C)=O)N(C)C)[C@@H](O)C[C@@H]1n1cnc2c(=O)[nH]c(CC)nc21.CNc1ccn([C@@H]2CS[C@H](COP(=O)(OCCSC(C)=O)N(C)C)O2)c(=O)n1.CNc1nc(=O)n([C@@H]2CS[C@H](COP(=O)(OCCSC(C)=O)N(C)C)O2)cc1C.CNc1nc(NC)c2ccn([C@H]3CO[C@@H](COP(=O)(OCCSC(C)=O)N(C)C)O3)c2n1. The number of H-pyrrole nitrogens is 1. The number of rotatable bonds is 41. The lowest BCUT2D eigenvalue weighted by Gasteiger charge is -2.26. The van der Waals surface area contributed by atoms with Crippen molar-refractivity contribution < 1.29 is 97.7 Å². The van der Waals surface area contributed by atoms with Gasteiger partial charge in [0.15, 0.2) is 44.1 Å². The summed E-state index contributed by atoms with van der Waals surface area (Å²) in [5.74, 6) is 4.86. The molecule has 4 fully saturated rings. The van der Waals surface area contributed by atoms with Gasteiger partial charge in [0, 0.05) is 127 Å². The monoisotopic (exact) mass is 1910 g/mol. The first-order valence-electron chi connectivity index (χ1n) is 38.0. The minimum absolute atomic E-state index is 0.0283. The molecule has 122 heavy (non-hydrogen) atoms. The average Bonchev–Trinajstić information content (AvgIpc) is 1.62. The smallest absolute Gasteiger partial charge is 0.392 e. The van der Waals surface area contributed by atoms with E-state index in [0.29, 0.717) is 93.5 Å².